The molecule has 1 atom stereocenters. The van der Waals surface area contributed by atoms with Crippen molar-refractivity contribution in [1.29, 1.82) is 0 Å². The summed E-state index contributed by atoms with van der Waals surface area (Å²) in [4.78, 5) is 7.51. The van der Waals surface area contributed by atoms with Crippen molar-refractivity contribution in [2.24, 2.45) is 10.4 Å². The van der Waals surface area contributed by atoms with E-state index in [1.807, 2.05) is 0 Å². The van der Waals surface area contributed by atoms with Gasteiger partial charge in [0.15, 0.2) is 5.96 Å². The molecule has 1 fully saturated rings. The van der Waals surface area contributed by atoms with E-state index in [4.69, 9.17) is 9.73 Å². The molecule has 0 aromatic heterocycles. The van der Waals surface area contributed by atoms with Crippen LogP contribution < -0.4 is 10.6 Å². The van der Waals surface area contributed by atoms with Gasteiger partial charge in [0.2, 0.25) is 0 Å². The third-order valence-electron chi connectivity index (χ3n) is 6.52. The Bertz CT molecular complexity index is 648. The van der Waals surface area contributed by atoms with E-state index in [2.05, 4.69) is 53.6 Å². The van der Waals surface area contributed by atoms with Gasteiger partial charge in [-0.1, -0.05) is 30.7 Å². The molecular formula is C23H39IN4O. The summed E-state index contributed by atoms with van der Waals surface area (Å²) in [6.07, 6.45) is 6.16. The molecule has 1 aliphatic carbocycles. The second-order valence-corrected chi connectivity index (χ2v) is 8.51. The normalized spacial score (nSPS) is 19.5. The molecule has 0 bridgehead atoms. The van der Waals surface area contributed by atoms with Crippen LogP contribution >= 0.6 is 24.0 Å². The van der Waals surface area contributed by atoms with Crippen molar-refractivity contribution in [2.75, 3.05) is 39.9 Å². The highest BCUT2D eigenvalue weighted by atomic mass is 127. The first-order chi connectivity index (χ1) is 13.7. The van der Waals surface area contributed by atoms with E-state index in [1.54, 1.807) is 7.11 Å². The van der Waals surface area contributed by atoms with Crippen LogP contribution in [0.2, 0.25) is 0 Å². The summed E-state index contributed by atoms with van der Waals surface area (Å²) in [5.74, 6) is 0.954. The zero-order valence-corrected chi connectivity index (χ0v) is 20.7. The number of hydrogen-bond donors (Lipinski definition) is 2. The molecular weight excluding hydrogens is 475 g/mol. The van der Waals surface area contributed by atoms with E-state index in [1.165, 1.54) is 30.4 Å². The van der Waals surface area contributed by atoms with Crippen molar-refractivity contribution in [1.82, 2.24) is 15.5 Å². The number of nitrogens with zero attached hydrogens (tertiary/aromatic N) is 2. The van der Waals surface area contributed by atoms with Gasteiger partial charge >= 0.3 is 0 Å². The fraction of sp³-hybridized carbons (Fsp3) is 0.696. The van der Waals surface area contributed by atoms with Gasteiger partial charge in [0, 0.05) is 52.5 Å². The Kier molecular flexibility index (Phi) is 10.2. The van der Waals surface area contributed by atoms with Gasteiger partial charge in [0.05, 0.1) is 0 Å². The maximum absolute atomic E-state index is 5.31. The summed E-state index contributed by atoms with van der Waals surface area (Å²) in [7, 11) is 1.79. The second kappa shape index (κ2) is 12.1. The zero-order chi connectivity index (χ0) is 19.8. The number of benzene rings is 1. The van der Waals surface area contributed by atoms with E-state index in [9.17, 15) is 0 Å². The zero-order valence-electron chi connectivity index (χ0n) is 18.4. The van der Waals surface area contributed by atoms with E-state index >= 15 is 0 Å². The van der Waals surface area contributed by atoms with Crippen LogP contribution in [0.1, 0.15) is 50.7 Å². The predicted molar refractivity (Wildman–Crippen MR) is 132 cm³/mol. The minimum absolute atomic E-state index is 0. The summed E-state index contributed by atoms with van der Waals surface area (Å²) in [5, 5.41) is 7.01. The summed E-state index contributed by atoms with van der Waals surface area (Å²) >= 11 is 0. The highest BCUT2D eigenvalue weighted by Gasteiger charge is 2.36. The van der Waals surface area contributed by atoms with E-state index in [0.717, 1.165) is 58.1 Å². The van der Waals surface area contributed by atoms with Crippen LogP contribution in [-0.2, 0) is 17.7 Å². The van der Waals surface area contributed by atoms with Crippen molar-refractivity contribution in [2.45, 2.75) is 58.5 Å². The van der Waals surface area contributed by atoms with Crippen LogP contribution in [0.3, 0.4) is 0 Å². The lowest BCUT2D eigenvalue weighted by molar-refractivity contribution is 0.0778. The van der Waals surface area contributed by atoms with Crippen LogP contribution in [0, 0.1) is 5.41 Å². The van der Waals surface area contributed by atoms with Gasteiger partial charge in [-0.25, -0.2) is 0 Å². The fourth-order valence-electron chi connectivity index (χ4n) is 4.34. The van der Waals surface area contributed by atoms with Crippen LogP contribution in [0.4, 0.5) is 0 Å². The Morgan fingerprint density at radius 1 is 1.24 bits per heavy atom. The summed E-state index contributed by atoms with van der Waals surface area (Å²) in [6.45, 7) is 10.2. The van der Waals surface area contributed by atoms with Gasteiger partial charge in [-0.3, -0.25) is 9.89 Å². The lowest BCUT2D eigenvalue weighted by atomic mass is 9.67. The van der Waals surface area contributed by atoms with Gasteiger partial charge in [-0.05, 0) is 56.1 Å². The number of halogens is 1. The van der Waals surface area contributed by atoms with Crippen LogP contribution in [0.25, 0.3) is 0 Å². The molecule has 2 aliphatic rings. The molecule has 1 heterocycles. The molecule has 0 spiro atoms. The Morgan fingerprint density at radius 3 is 2.66 bits per heavy atom. The number of aliphatic imine (C=N–C) groups is 1. The number of fused-ring (bicyclic) bond motifs is 1. The third-order valence-corrected chi connectivity index (χ3v) is 6.52. The van der Waals surface area contributed by atoms with Gasteiger partial charge in [-0.2, -0.15) is 0 Å². The predicted octanol–water partition coefficient (Wildman–Crippen LogP) is 3.81. The highest BCUT2D eigenvalue weighted by molar-refractivity contribution is 14.0. The molecule has 1 aliphatic heterocycles. The van der Waals surface area contributed by atoms with Crippen LogP contribution in [-0.4, -0.2) is 56.8 Å². The minimum atomic E-state index is 0. The molecule has 1 saturated carbocycles. The molecule has 164 valence electrons. The minimum Gasteiger partial charge on any atom is -0.385 e. The van der Waals surface area contributed by atoms with Gasteiger partial charge in [-0.15, -0.1) is 24.0 Å². The van der Waals surface area contributed by atoms with Crippen molar-refractivity contribution in [3.8, 4) is 0 Å². The van der Waals surface area contributed by atoms with Crippen molar-refractivity contribution < 1.29 is 4.74 Å². The molecule has 1 unspecified atom stereocenters. The summed E-state index contributed by atoms with van der Waals surface area (Å²) in [5.41, 5.74) is 3.35. The number of methoxy groups -OCH3 is 1. The fourth-order valence-corrected chi connectivity index (χ4v) is 4.34. The van der Waals surface area contributed by atoms with Crippen molar-refractivity contribution >= 4 is 29.9 Å². The van der Waals surface area contributed by atoms with Crippen LogP contribution in [0.15, 0.2) is 29.3 Å². The van der Waals surface area contributed by atoms with Crippen molar-refractivity contribution in [3.05, 3.63) is 35.4 Å². The Hall–Kier alpha value is -0.860. The maximum atomic E-state index is 5.31. The first kappa shape index (κ1) is 24.4. The Morgan fingerprint density at radius 2 is 2.00 bits per heavy atom. The number of ether oxygens (including phenoxy) is 1. The number of hydrogen-bond acceptors (Lipinski definition) is 3. The van der Waals surface area contributed by atoms with E-state index in [-0.39, 0.29) is 24.0 Å². The smallest absolute Gasteiger partial charge is 0.191 e. The molecule has 6 heteroatoms. The Balaban J connectivity index is 0.00000300. The molecule has 1 aromatic carbocycles. The molecule has 5 nitrogen and oxygen atoms in total. The topological polar surface area (TPSA) is 48.9 Å². The second-order valence-electron chi connectivity index (χ2n) is 8.51. The molecule has 1 aromatic rings. The molecule has 29 heavy (non-hydrogen) atoms. The molecule has 0 radical (unpaired) electrons. The first-order valence-corrected chi connectivity index (χ1v) is 11.0. The van der Waals surface area contributed by atoms with Gasteiger partial charge in [0.25, 0.3) is 0 Å². The lowest BCUT2D eigenvalue weighted by Crippen LogP contribution is -2.47. The summed E-state index contributed by atoms with van der Waals surface area (Å²) < 4.78 is 5.31. The first-order valence-electron chi connectivity index (χ1n) is 11.0. The average Bonchev–Trinajstić information content (AvgIpc) is 2.70. The quantitative estimate of drug-likeness (QED) is 0.299. The summed E-state index contributed by atoms with van der Waals surface area (Å²) in [6, 6.07) is 9.32. The molecule has 0 amide bonds. The molecule has 0 saturated heterocycles. The third kappa shape index (κ3) is 6.82. The largest absolute Gasteiger partial charge is 0.385 e. The van der Waals surface area contributed by atoms with Gasteiger partial charge in [0.1, 0.15) is 0 Å². The monoisotopic (exact) mass is 514 g/mol. The SMILES string of the molecule is CCNC(=NCC1(CCOC)CCC1)NCC(C)N1CCc2ccccc2C1.I. The molecule has 2 N–H and O–H groups in total. The number of rotatable bonds is 9. The van der Waals surface area contributed by atoms with E-state index in [0.29, 0.717) is 11.5 Å². The van der Waals surface area contributed by atoms with Gasteiger partial charge < -0.3 is 15.4 Å². The lowest BCUT2D eigenvalue weighted by Gasteiger charge is -2.41. The number of guanidine groups is 1. The average molecular weight is 514 g/mol. The standard InChI is InChI=1S/C23H38N4O.HI/c1-4-24-22(26-18-23(11-7-12-23)13-15-28-3)25-16-19(2)27-14-10-20-8-5-6-9-21(20)17-27;/h5-6,8-9,19H,4,7,10-18H2,1-3H3,(H2,24,25,26);1H. The van der Waals surface area contributed by atoms with E-state index < -0.39 is 0 Å². The van der Waals surface area contributed by atoms with Crippen LogP contribution in [0.5, 0.6) is 0 Å². The highest BCUT2D eigenvalue weighted by Crippen LogP contribution is 2.44. The maximum Gasteiger partial charge on any atom is 0.191 e. The van der Waals surface area contributed by atoms with Crippen molar-refractivity contribution in [3.63, 3.8) is 0 Å². The number of nitrogens with one attached hydrogen (secondary N) is 2. The Labute approximate surface area is 194 Å². The molecule has 3 rings (SSSR count).